The van der Waals surface area contributed by atoms with Gasteiger partial charge in [-0.1, -0.05) is 42.5 Å². The lowest BCUT2D eigenvalue weighted by Gasteiger charge is -2.33. The van der Waals surface area contributed by atoms with E-state index in [0.29, 0.717) is 12.8 Å². The Morgan fingerprint density at radius 2 is 1.85 bits per heavy atom. The molecule has 1 aliphatic rings. The molecule has 1 amide bonds. The number of carbonyl (C=O) groups excluding carboxylic acids is 1. The highest BCUT2D eigenvalue weighted by atomic mass is 35.5. The normalized spacial score (nSPS) is 17.5. The molecule has 0 aromatic carbocycles. The lowest BCUT2D eigenvalue weighted by Crippen LogP contribution is -2.55. The number of amides is 1. The molecule has 108 valence electrons. The van der Waals surface area contributed by atoms with Gasteiger partial charge in [0.2, 0.25) is 0 Å². The van der Waals surface area contributed by atoms with Crippen LogP contribution in [-0.2, 0) is 4.79 Å². The van der Waals surface area contributed by atoms with Gasteiger partial charge in [0, 0.05) is 0 Å². The van der Waals surface area contributed by atoms with Gasteiger partial charge in [-0.15, -0.1) is 0 Å². The molecule has 1 aromatic rings. The molecule has 0 atom stereocenters. The molecular formula is C13H14Cl2N2O3. The van der Waals surface area contributed by atoms with Gasteiger partial charge in [-0.3, -0.25) is 4.79 Å². The first-order valence-electron chi connectivity index (χ1n) is 6.32. The number of pyridine rings is 1. The van der Waals surface area contributed by atoms with Gasteiger partial charge in [-0.25, -0.2) is 9.78 Å². The van der Waals surface area contributed by atoms with Gasteiger partial charge in [0.1, 0.15) is 16.4 Å². The van der Waals surface area contributed by atoms with E-state index >= 15 is 0 Å². The van der Waals surface area contributed by atoms with Crippen LogP contribution in [0.25, 0.3) is 0 Å². The first-order chi connectivity index (χ1) is 9.44. The largest absolute Gasteiger partial charge is 0.480 e. The zero-order chi connectivity index (χ0) is 14.8. The fourth-order valence-electron chi connectivity index (χ4n) is 2.40. The van der Waals surface area contributed by atoms with Crippen molar-refractivity contribution < 1.29 is 14.7 Å². The van der Waals surface area contributed by atoms with Crippen molar-refractivity contribution in [1.82, 2.24) is 10.3 Å². The van der Waals surface area contributed by atoms with E-state index in [2.05, 4.69) is 10.3 Å². The summed E-state index contributed by atoms with van der Waals surface area (Å²) in [7, 11) is 0. The molecule has 0 aliphatic heterocycles. The van der Waals surface area contributed by atoms with E-state index in [1.807, 2.05) is 0 Å². The Bertz CT molecular complexity index is 542. The smallest absolute Gasteiger partial charge is 0.329 e. The van der Waals surface area contributed by atoms with E-state index < -0.39 is 17.4 Å². The molecule has 0 saturated heterocycles. The van der Waals surface area contributed by atoms with Crippen molar-refractivity contribution in [1.29, 1.82) is 0 Å². The van der Waals surface area contributed by atoms with Crippen LogP contribution < -0.4 is 5.32 Å². The van der Waals surface area contributed by atoms with Gasteiger partial charge in [0.15, 0.2) is 0 Å². The SMILES string of the molecule is O=C(NC1(C(=O)O)CCCCC1)c1nc(Cl)ccc1Cl. The number of nitrogens with one attached hydrogen (secondary N) is 1. The standard InChI is InChI=1S/C13H14Cl2N2O3/c14-8-4-5-9(15)16-10(8)11(18)17-13(12(19)20)6-2-1-3-7-13/h4-5H,1-3,6-7H2,(H,17,18)(H,19,20). The topological polar surface area (TPSA) is 79.3 Å². The highest BCUT2D eigenvalue weighted by Gasteiger charge is 2.41. The highest BCUT2D eigenvalue weighted by Crippen LogP contribution is 2.29. The molecule has 20 heavy (non-hydrogen) atoms. The van der Waals surface area contributed by atoms with Crippen molar-refractivity contribution >= 4 is 35.1 Å². The minimum absolute atomic E-state index is 0.0506. The van der Waals surface area contributed by atoms with Gasteiger partial charge in [-0.2, -0.15) is 0 Å². The van der Waals surface area contributed by atoms with Gasteiger partial charge >= 0.3 is 5.97 Å². The molecule has 2 rings (SSSR count). The number of rotatable bonds is 3. The Balaban J connectivity index is 2.24. The van der Waals surface area contributed by atoms with E-state index in [-0.39, 0.29) is 15.9 Å². The van der Waals surface area contributed by atoms with Gasteiger partial charge in [0.05, 0.1) is 5.02 Å². The zero-order valence-corrected chi connectivity index (χ0v) is 12.2. The van der Waals surface area contributed by atoms with Crippen LogP contribution in [0.5, 0.6) is 0 Å². The summed E-state index contributed by atoms with van der Waals surface area (Å²) < 4.78 is 0. The molecule has 0 bridgehead atoms. The van der Waals surface area contributed by atoms with E-state index in [1.165, 1.54) is 12.1 Å². The Morgan fingerprint density at radius 1 is 1.20 bits per heavy atom. The van der Waals surface area contributed by atoms with Crippen molar-refractivity contribution in [3.63, 3.8) is 0 Å². The van der Waals surface area contributed by atoms with Crippen LogP contribution in [0.1, 0.15) is 42.6 Å². The summed E-state index contributed by atoms with van der Waals surface area (Å²) >= 11 is 11.6. The number of hydrogen-bond acceptors (Lipinski definition) is 3. The molecule has 0 unspecified atom stereocenters. The van der Waals surface area contributed by atoms with E-state index in [1.54, 1.807) is 0 Å². The first-order valence-corrected chi connectivity index (χ1v) is 7.08. The number of carbonyl (C=O) groups is 2. The molecule has 2 N–H and O–H groups in total. The molecule has 1 aliphatic carbocycles. The molecule has 0 radical (unpaired) electrons. The van der Waals surface area contributed by atoms with E-state index in [0.717, 1.165) is 19.3 Å². The van der Waals surface area contributed by atoms with Crippen molar-refractivity contribution in [2.75, 3.05) is 0 Å². The quantitative estimate of drug-likeness (QED) is 0.840. The van der Waals surface area contributed by atoms with Crippen molar-refractivity contribution in [3.8, 4) is 0 Å². The lowest BCUT2D eigenvalue weighted by molar-refractivity contribution is -0.145. The van der Waals surface area contributed by atoms with Crippen molar-refractivity contribution in [2.45, 2.75) is 37.6 Å². The third kappa shape index (κ3) is 3.04. The predicted molar refractivity (Wildman–Crippen MR) is 75.2 cm³/mol. The maximum absolute atomic E-state index is 12.2. The minimum atomic E-state index is -1.23. The van der Waals surface area contributed by atoms with Crippen LogP contribution in [0.15, 0.2) is 12.1 Å². The maximum Gasteiger partial charge on any atom is 0.329 e. The number of aromatic nitrogens is 1. The monoisotopic (exact) mass is 316 g/mol. The summed E-state index contributed by atoms with van der Waals surface area (Å²) in [6.07, 6.45) is 3.33. The number of carboxylic acids is 1. The van der Waals surface area contributed by atoms with Crippen LogP contribution in [-0.4, -0.2) is 27.5 Å². The van der Waals surface area contributed by atoms with E-state index in [9.17, 15) is 14.7 Å². The Kier molecular flexibility index (Phi) is 4.50. The third-order valence-corrected chi connectivity index (χ3v) is 4.01. The van der Waals surface area contributed by atoms with Gasteiger partial charge < -0.3 is 10.4 Å². The van der Waals surface area contributed by atoms with Crippen molar-refractivity contribution in [2.24, 2.45) is 0 Å². The number of hydrogen-bond donors (Lipinski definition) is 2. The van der Waals surface area contributed by atoms with Gasteiger partial charge in [0.25, 0.3) is 5.91 Å². The van der Waals surface area contributed by atoms with Crippen LogP contribution in [0.4, 0.5) is 0 Å². The van der Waals surface area contributed by atoms with Crippen molar-refractivity contribution in [3.05, 3.63) is 28.0 Å². The molecular weight excluding hydrogens is 303 g/mol. The molecule has 0 spiro atoms. The maximum atomic E-state index is 12.2. The van der Waals surface area contributed by atoms with Crippen LogP contribution in [0.2, 0.25) is 10.2 Å². The number of carboxylic acid groups (broad SMARTS) is 1. The molecule has 1 aromatic heterocycles. The zero-order valence-electron chi connectivity index (χ0n) is 10.7. The first kappa shape index (κ1) is 15.1. The lowest BCUT2D eigenvalue weighted by atomic mass is 9.81. The highest BCUT2D eigenvalue weighted by molar-refractivity contribution is 6.34. The summed E-state index contributed by atoms with van der Waals surface area (Å²) in [6, 6.07) is 2.92. The Hall–Kier alpha value is -1.33. The fraction of sp³-hybridized carbons (Fsp3) is 0.462. The minimum Gasteiger partial charge on any atom is -0.480 e. The number of aliphatic carboxylic acids is 1. The Morgan fingerprint density at radius 3 is 2.45 bits per heavy atom. The molecule has 1 saturated carbocycles. The number of nitrogens with zero attached hydrogens (tertiary/aromatic N) is 1. The fourth-order valence-corrected chi connectivity index (χ4v) is 2.74. The van der Waals surface area contributed by atoms with Crippen LogP contribution >= 0.6 is 23.2 Å². The second kappa shape index (κ2) is 5.97. The summed E-state index contributed by atoms with van der Waals surface area (Å²) in [4.78, 5) is 27.6. The summed E-state index contributed by atoms with van der Waals surface area (Å²) in [5.41, 5.74) is -1.28. The summed E-state index contributed by atoms with van der Waals surface area (Å²) in [5, 5.41) is 12.3. The van der Waals surface area contributed by atoms with Crippen LogP contribution in [0, 0.1) is 0 Å². The van der Waals surface area contributed by atoms with E-state index in [4.69, 9.17) is 23.2 Å². The third-order valence-electron chi connectivity index (χ3n) is 3.50. The number of halogens is 2. The van der Waals surface area contributed by atoms with Crippen LogP contribution in [0.3, 0.4) is 0 Å². The molecule has 5 nitrogen and oxygen atoms in total. The molecule has 1 heterocycles. The van der Waals surface area contributed by atoms with Gasteiger partial charge in [-0.05, 0) is 25.0 Å². The molecule has 7 heteroatoms. The molecule has 1 fully saturated rings. The summed E-state index contributed by atoms with van der Waals surface area (Å²) in [6.45, 7) is 0. The Labute approximate surface area is 126 Å². The average molecular weight is 317 g/mol. The second-order valence-corrected chi connectivity index (χ2v) is 5.66. The summed E-state index contributed by atoms with van der Waals surface area (Å²) in [5.74, 6) is -1.63. The average Bonchev–Trinajstić information content (AvgIpc) is 2.42. The predicted octanol–water partition coefficient (Wildman–Crippen LogP) is 2.91. The second-order valence-electron chi connectivity index (χ2n) is 4.87.